The van der Waals surface area contributed by atoms with Gasteiger partial charge >= 0.3 is 12.3 Å². The number of amides is 2. The van der Waals surface area contributed by atoms with E-state index in [0.29, 0.717) is 27.4 Å². The summed E-state index contributed by atoms with van der Waals surface area (Å²) in [6, 6.07) is 4.25. The number of alkyl halides is 3. The second-order valence-corrected chi connectivity index (χ2v) is 9.88. The molecule has 0 fully saturated rings. The summed E-state index contributed by atoms with van der Waals surface area (Å²) in [5.41, 5.74) is 0.849. The van der Waals surface area contributed by atoms with Crippen LogP contribution in [0.1, 0.15) is 36.8 Å². The summed E-state index contributed by atoms with van der Waals surface area (Å²) < 4.78 is 51.9. The molecule has 0 bridgehead atoms. The molecule has 2 amide bonds. The zero-order chi connectivity index (χ0) is 29.9. The molecule has 0 unspecified atom stereocenters. The molecule has 0 saturated heterocycles. The van der Waals surface area contributed by atoms with Crippen LogP contribution < -0.4 is 10.2 Å². The second-order valence-electron chi connectivity index (χ2n) is 9.88. The Morgan fingerprint density at radius 1 is 1.17 bits per heavy atom. The number of hydrogen-bond donors (Lipinski definition) is 2. The van der Waals surface area contributed by atoms with Gasteiger partial charge in [-0.05, 0) is 44.5 Å². The highest BCUT2D eigenvalue weighted by Gasteiger charge is 2.36. The molecule has 0 radical (unpaired) electrons. The Kier molecular flexibility index (Phi) is 8.10. The first-order valence-electron chi connectivity index (χ1n) is 12.1. The number of ether oxygens (including phenoxy) is 1. The molecule has 0 saturated carbocycles. The summed E-state index contributed by atoms with van der Waals surface area (Å²) in [4.78, 5) is 38.0. The summed E-state index contributed by atoms with van der Waals surface area (Å²) >= 11 is 0. The van der Waals surface area contributed by atoms with Crippen LogP contribution in [-0.4, -0.2) is 60.2 Å². The van der Waals surface area contributed by atoms with Crippen molar-refractivity contribution in [1.29, 1.82) is 0 Å². The minimum absolute atomic E-state index is 0.0961. The summed E-state index contributed by atoms with van der Waals surface area (Å²) in [5, 5.41) is 16.5. The second kappa shape index (κ2) is 11.4. The third-order valence-corrected chi connectivity index (χ3v) is 5.28. The van der Waals surface area contributed by atoms with Crippen LogP contribution in [0.15, 0.2) is 53.7 Å². The first-order chi connectivity index (χ1) is 19.2. The van der Waals surface area contributed by atoms with Crippen molar-refractivity contribution in [3.63, 3.8) is 0 Å². The highest BCUT2D eigenvalue weighted by Crippen LogP contribution is 2.29. The van der Waals surface area contributed by atoms with Crippen LogP contribution in [-0.2, 0) is 18.4 Å². The van der Waals surface area contributed by atoms with Gasteiger partial charge in [0.15, 0.2) is 5.69 Å². The lowest BCUT2D eigenvalue weighted by Gasteiger charge is -2.27. The SMILES string of the molecule is Cn1cc(NC(=O)c2coc(-c3ccnc(N(CC(F)(F)F)C(=O)OC(C)(C)C)c3)n2)c(-c2cncc(CO)c2)n1. The van der Waals surface area contributed by atoms with E-state index in [-0.39, 0.29) is 29.6 Å². The normalized spacial score (nSPS) is 11.8. The quantitative estimate of drug-likeness (QED) is 0.324. The van der Waals surface area contributed by atoms with E-state index in [1.807, 2.05) is 0 Å². The summed E-state index contributed by atoms with van der Waals surface area (Å²) in [7, 11) is 1.66. The molecule has 4 rings (SSSR count). The van der Waals surface area contributed by atoms with Crippen molar-refractivity contribution in [1.82, 2.24) is 24.7 Å². The highest BCUT2D eigenvalue weighted by molar-refractivity contribution is 6.04. The number of carbonyl (C=O) groups excluding carboxylic acids is 2. The predicted octanol–water partition coefficient (Wildman–Crippen LogP) is 4.58. The zero-order valence-electron chi connectivity index (χ0n) is 22.4. The molecule has 15 heteroatoms. The number of aliphatic hydroxyl groups excluding tert-OH is 1. The Hall–Kier alpha value is -4.79. The molecule has 0 aliphatic rings. The Balaban J connectivity index is 1.58. The van der Waals surface area contributed by atoms with Gasteiger partial charge in [-0.3, -0.25) is 19.4 Å². The molecule has 0 spiro atoms. The van der Waals surface area contributed by atoms with Gasteiger partial charge < -0.3 is 19.6 Å². The van der Waals surface area contributed by atoms with Crippen LogP contribution in [0, 0.1) is 0 Å². The average molecular weight is 574 g/mol. The summed E-state index contributed by atoms with van der Waals surface area (Å²) in [5.74, 6) is -1.10. The number of nitrogens with zero attached hydrogens (tertiary/aromatic N) is 6. The van der Waals surface area contributed by atoms with Gasteiger partial charge in [0.05, 0.1) is 12.3 Å². The topological polar surface area (TPSA) is 148 Å². The van der Waals surface area contributed by atoms with E-state index in [4.69, 9.17) is 9.15 Å². The molecule has 4 aromatic heterocycles. The molecule has 2 N–H and O–H groups in total. The van der Waals surface area contributed by atoms with E-state index >= 15 is 0 Å². The van der Waals surface area contributed by atoms with Crippen molar-refractivity contribution in [2.75, 3.05) is 16.8 Å². The maximum absolute atomic E-state index is 13.3. The van der Waals surface area contributed by atoms with E-state index in [9.17, 15) is 27.9 Å². The van der Waals surface area contributed by atoms with Crippen LogP contribution >= 0.6 is 0 Å². The molecule has 216 valence electrons. The van der Waals surface area contributed by atoms with Crippen LogP contribution in [0.5, 0.6) is 0 Å². The van der Waals surface area contributed by atoms with Gasteiger partial charge in [-0.25, -0.2) is 14.8 Å². The number of pyridine rings is 2. The largest absolute Gasteiger partial charge is 0.444 e. The van der Waals surface area contributed by atoms with Gasteiger partial charge in [-0.15, -0.1) is 0 Å². The molecule has 0 aliphatic heterocycles. The maximum Gasteiger partial charge on any atom is 0.416 e. The number of rotatable bonds is 7. The number of aliphatic hydroxyl groups is 1. The molecule has 4 heterocycles. The van der Waals surface area contributed by atoms with Gasteiger partial charge in [0.2, 0.25) is 5.89 Å². The number of oxazole rings is 1. The van der Waals surface area contributed by atoms with Crippen molar-refractivity contribution in [2.45, 2.75) is 39.2 Å². The minimum atomic E-state index is -4.73. The molecular formula is C26H26F3N7O5. The Morgan fingerprint density at radius 3 is 2.61 bits per heavy atom. The average Bonchev–Trinajstić information content (AvgIpc) is 3.53. The first kappa shape index (κ1) is 29.2. The van der Waals surface area contributed by atoms with Crippen molar-refractivity contribution in [3.8, 4) is 22.7 Å². The Bertz CT molecular complexity index is 1560. The number of hydrogen-bond acceptors (Lipinski definition) is 9. The first-order valence-corrected chi connectivity index (χ1v) is 12.1. The number of nitrogens with one attached hydrogen (secondary N) is 1. The molecule has 0 atom stereocenters. The van der Waals surface area contributed by atoms with Gasteiger partial charge in [0.1, 0.15) is 29.9 Å². The fourth-order valence-corrected chi connectivity index (χ4v) is 3.63. The Morgan fingerprint density at radius 2 is 1.93 bits per heavy atom. The summed E-state index contributed by atoms with van der Waals surface area (Å²) in [6.07, 6.45) is 0.895. The van der Waals surface area contributed by atoms with Crippen molar-refractivity contribution in [2.24, 2.45) is 7.05 Å². The van der Waals surface area contributed by atoms with Gasteiger partial charge in [-0.1, -0.05) is 0 Å². The van der Waals surface area contributed by atoms with Crippen LogP contribution in [0.25, 0.3) is 22.7 Å². The Labute approximate surface area is 231 Å². The van der Waals surface area contributed by atoms with Crippen molar-refractivity contribution < 1.29 is 37.0 Å². The number of halogens is 3. The molecule has 41 heavy (non-hydrogen) atoms. The molecule has 4 aromatic rings. The number of aromatic nitrogens is 5. The van der Waals surface area contributed by atoms with Crippen LogP contribution in [0.3, 0.4) is 0 Å². The summed E-state index contributed by atoms with van der Waals surface area (Å²) in [6.45, 7) is 2.72. The fourth-order valence-electron chi connectivity index (χ4n) is 3.63. The smallest absolute Gasteiger partial charge is 0.416 e. The lowest BCUT2D eigenvalue weighted by Crippen LogP contribution is -2.42. The number of aryl methyl sites for hydroxylation is 1. The molecule has 12 nitrogen and oxygen atoms in total. The minimum Gasteiger partial charge on any atom is -0.444 e. The predicted molar refractivity (Wildman–Crippen MR) is 140 cm³/mol. The molecule has 0 aromatic carbocycles. The highest BCUT2D eigenvalue weighted by atomic mass is 19.4. The van der Waals surface area contributed by atoms with Gasteiger partial charge in [0.25, 0.3) is 5.91 Å². The lowest BCUT2D eigenvalue weighted by molar-refractivity contribution is -0.119. The van der Waals surface area contributed by atoms with Crippen molar-refractivity contribution in [3.05, 3.63) is 60.5 Å². The molecule has 0 aliphatic carbocycles. The van der Waals surface area contributed by atoms with E-state index < -0.39 is 30.3 Å². The van der Waals surface area contributed by atoms with Gasteiger partial charge in [-0.2, -0.15) is 18.3 Å². The fraction of sp³-hybridized carbons (Fsp3) is 0.308. The van der Waals surface area contributed by atoms with Crippen molar-refractivity contribution >= 4 is 23.5 Å². The van der Waals surface area contributed by atoms with Crippen LogP contribution in [0.4, 0.5) is 29.5 Å². The molecular weight excluding hydrogens is 547 g/mol. The van der Waals surface area contributed by atoms with E-state index in [1.54, 1.807) is 19.3 Å². The van der Waals surface area contributed by atoms with E-state index in [1.165, 1.54) is 56.2 Å². The lowest BCUT2D eigenvalue weighted by atomic mass is 10.1. The monoisotopic (exact) mass is 573 g/mol. The standard InChI is InChI=1S/C26H26F3N7O5/c1-25(2,3)41-24(39)36(14-26(27,28)29)20-8-16(5-6-31-20)23-33-19(13-40-23)22(38)32-18-11-35(4)34-21(18)17-7-15(12-37)9-30-10-17/h5-11,13,37H,12,14H2,1-4H3,(H,32,38). The van der Waals surface area contributed by atoms with Crippen LogP contribution in [0.2, 0.25) is 0 Å². The number of anilines is 2. The van der Waals surface area contributed by atoms with Gasteiger partial charge in [0, 0.05) is 43.0 Å². The number of carbonyl (C=O) groups is 2. The van der Waals surface area contributed by atoms with E-state index in [0.717, 1.165) is 6.26 Å². The third-order valence-electron chi connectivity index (χ3n) is 5.28. The maximum atomic E-state index is 13.3. The third kappa shape index (κ3) is 7.45. The van der Waals surface area contributed by atoms with E-state index in [2.05, 4.69) is 25.4 Å². The zero-order valence-corrected chi connectivity index (χ0v) is 22.4.